The van der Waals surface area contributed by atoms with Gasteiger partial charge < -0.3 is 24.4 Å². The molecule has 2 aliphatic rings. The Kier molecular flexibility index (Phi) is 9.60. The van der Waals surface area contributed by atoms with E-state index in [4.69, 9.17) is 31.2 Å². The van der Waals surface area contributed by atoms with Gasteiger partial charge in [0.2, 0.25) is 0 Å². The van der Waals surface area contributed by atoms with E-state index in [0.717, 1.165) is 99.5 Å². The van der Waals surface area contributed by atoms with Crippen molar-refractivity contribution in [1.29, 1.82) is 0 Å². The number of carbonyl (C=O) groups excluding carboxylic acids is 1. The molecule has 2 aliphatic heterocycles. The number of thiazole rings is 1. The minimum Gasteiger partial charge on any atom is -0.479 e. The lowest BCUT2D eigenvalue weighted by molar-refractivity contribution is -0.160. The van der Waals surface area contributed by atoms with Crippen LogP contribution in [0.2, 0.25) is 5.02 Å². The molecule has 1 N–H and O–H groups in total. The smallest absolute Gasteiger partial charge is 0.409 e. The number of halogens is 1. The van der Waals surface area contributed by atoms with Crippen molar-refractivity contribution in [3.05, 3.63) is 70.4 Å². The Morgan fingerprint density at radius 3 is 2.37 bits per heavy atom. The summed E-state index contributed by atoms with van der Waals surface area (Å²) in [6.07, 6.45) is 1.60. The molecule has 12 heteroatoms. The van der Waals surface area contributed by atoms with Crippen LogP contribution in [0.1, 0.15) is 68.9 Å². The number of amides is 1. The first kappa shape index (κ1) is 35.4. The molecule has 0 unspecified atom stereocenters. The molecule has 2 aromatic heterocycles. The van der Waals surface area contributed by atoms with Crippen LogP contribution in [0.3, 0.4) is 0 Å². The highest BCUT2D eigenvalue weighted by atomic mass is 35.5. The largest absolute Gasteiger partial charge is 0.479 e. The summed E-state index contributed by atoms with van der Waals surface area (Å²) in [5.74, 6) is -0.718. The highest BCUT2D eigenvalue weighted by Gasteiger charge is 2.36. The Bertz CT molecular complexity index is 2110. The molecule has 2 saturated heterocycles. The molecule has 0 bridgehead atoms. The molecule has 7 rings (SSSR count). The van der Waals surface area contributed by atoms with E-state index in [2.05, 4.69) is 23.1 Å². The van der Waals surface area contributed by atoms with Gasteiger partial charge >= 0.3 is 12.1 Å². The third kappa shape index (κ3) is 6.96. The average molecular weight is 730 g/mol. The minimum atomic E-state index is -1.17. The van der Waals surface area contributed by atoms with Crippen molar-refractivity contribution in [2.75, 3.05) is 33.3 Å². The number of likely N-dealkylation sites (tertiary alicyclic amines) is 2. The molecular formula is C39H44ClN5O5S. The summed E-state index contributed by atoms with van der Waals surface area (Å²) in [5.41, 5.74) is 6.37. The van der Waals surface area contributed by atoms with Crippen LogP contribution in [0.4, 0.5) is 4.79 Å². The summed E-state index contributed by atoms with van der Waals surface area (Å²) >= 11 is 7.85. The first-order chi connectivity index (χ1) is 24.3. The Labute approximate surface area is 306 Å². The molecule has 4 heterocycles. The molecule has 0 radical (unpaired) electrons. The Morgan fingerprint density at radius 2 is 1.75 bits per heavy atom. The van der Waals surface area contributed by atoms with Crippen LogP contribution >= 0.6 is 22.9 Å². The number of carboxylic acids is 1. The second-order valence-electron chi connectivity index (χ2n) is 14.7. The van der Waals surface area contributed by atoms with E-state index < -0.39 is 17.7 Å². The maximum atomic E-state index is 12.8. The summed E-state index contributed by atoms with van der Waals surface area (Å²) < 4.78 is 14.0. The number of nitrogens with zero attached hydrogens (tertiary/aromatic N) is 5. The van der Waals surface area contributed by atoms with Gasteiger partial charge in [-0.3, -0.25) is 4.68 Å². The van der Waals surface area contributed by atoms with Crippen molar-refractivity contribution in [2.45, 2.75) is 70.6 Å². The number of methoxy groups -OCH3 is 1. The Morgan fingerprint density at radius 1 is 1.04 bits per heavy atom. The van der Waals surface area contributed by atoms with Gasteiger partial charge in [-0.15, -0.1) is 11.3 Å². The number of fused-ring (bicyclic) bond motifs is 2. The fraction of sp³-hybridized carbons (Fsp3) is 0.436. The van der Waals surface area contributed by atoms with Gasteiger partial charge in [-0.1, -0.05) is 23.7 Å². The van der Waals surface area contributed by atoms with Gasteiger partial charge in [0.25, 0.3) is 0 Å². The molecule has 0 saturated carbocycles. The number of benzene rings is 3. The van der Waals surface area contributed by atoms with Gasteiger partial charge in [-0.2, -0.15) is 5.10 Å². The fourth-order valence-electron chi connectivity index (χ4n) is 7.56. The molecule has 1 amide bonds. The van der Waals surface area contributed by atoms with Crippen molar-refractivity contribution >= 4 is 56.1 Å². The maximum Gasteiger partial charge on any atom is 0.409 e. The lowest BCUT2D eigenvalue weighted by Gasteiger charge is -2.43. The zero-order valence-electron chi connectivity index (χ0n) is 29.9. The number of hydrogen-bond donors (Lipinski definition) is 1. The fourth-order valence-corrected chi connectivity index (χ4v) is 8.81. The molecule has 0 aliphatic carbocycles. The molecule has 2 atom stereocenters. The summed E-state index contributed by atoms with van der Waals surface area (Å²) in [7, 11) is 3.44. The van der Waals surface area contributed by atoms with Gasteiger partial charge in [0.1, 0.15) is 5.01 Å². The van der Waals surface area contributed by atoms with Crippen LogP contribution in [0.25, 0.3) is 42.8 Å². The first-order valence-electron chi connectivity index (χ1n) is 17.5. The van der Waals surface area contributed by atoms with Crippen LogP contribution in [-0.4, -0.2) is 86.7 Å². The van der Waals surface area contributed by atoms with Gasteiger partial charge in [0.15, 0.2) is 6.10 Å². The van der Waals surface area contributed by atoms with Crippen LogP contribution in [0.5, 0.6) is 0 Å². The van der Waals surface area contributed by atoms with E-state index in [1.807, 2.05) is 74.7 Å². The lowest BCUT2D eigenvalue weighted by atomic mass is 9.90. The van der Waals surface area contributed by atoms with Crippen LogP contribution in [0.15, 0.2) is 48.5 Å². The second-order valence-corrected chi connectivity index (χ2v) is 16.2. The normalized spacial score (nSPS) is 17.9. The molecule has 10 nitrogen and oxygen atoms in total. The highest BCUT2D eigenvalue weighted by Crippen LogP contribution is 2.45. The molecule has 268 valence electrons. The number of rotatable bonds is 8. The zero-order chi connectivity index (χ0) is 36.2. The predicted molar refractivity (Wildman–Crippen MR) is 202 cm³/mol. The summed E-state index contributed by atoms with van der Waals surface area (Å²) in [6, 6.07) is 16.1. The van der Waals surface area contributed by atoms with Crippen molar-refractivity contribution in [3.8, 4) is 21.7 Å². The van der Waals surface area contributed by atoms with Gasteiger partial charge in [0, 0.05) is 59.2 Å². The Hall–Kier alpha value is -4.03. The van der Waals surface area contributed by atoms with E-state index in [0.29, 0.717) is 16.5 Å². The van der Waals surface area contributed by atoms with E-state index >= 15 is 0 Å². The Balaban J connectivity index is 1.23. The minimum absolute atomic E-state index is 0.224. The summed E-state index contributed by atoms with van der Waals surface area (Å²) in [6.45, 7) is 11.1. The van der Waals surface area contributed by atoms with Crippen molar-refractivity contribution in [3.63, 3.8) is 0 Å². The topological polar surface area (TPSA) is 110 Å². The van der Waals surface area contributed by atoms with Gasteiger partial charge in [-0.25, -0.2) is 14.6 Å². The third-order valence-electron chi connectivity index (χ3n) is 10.1. The number of carbonyl (C=O) groups is 2. The number of aliphatic carboxylic acids is 1. The SMILES string of the molecule is COC(=O)N1CC[C@H]1CN1CCC(c2nn(C)c3ccc(-c4nc5cc(C)c([C@H](OC(C)(C)C)C(=O)O)c(-c6ccc(Cl)cc6)c5s4)cc23)CC1. The van der Waals surface area contributed by atoms with Crippen molar-refractivity contribution < 1.29 is 24.2 Å². The lowest BCUT2D eigenvalue weighted by Crippen LogP contribution is -2.56. The number of hydrogen-bond acceptors (Lipinski definition) is 8. The van der Waals surface area contributed by atoms with E-state index in [-0.39, 0.29) is 12.1 Å². The monoisotopic (exact) mass is 729 g/mol. The van der Waals surface area contributed by atoms with Gasteiger partial charge in [0.05, 0.1) is 34.1 Å². The maximum absolute atomic E-state index is 12.8. The quantitative estimate of drug-likeness (QED) is 0.170. The summed E-state index contributed by atoms with van der Waals surface area (Å²) in [5, 5.41) is 18.1. The van der Waals surface area contributed by atoms with E-state index in [1.165, 1.54) is 7.11 Å². The van der Waals surface area contributed by atoms with E-state index in [1.54, 1.807) is 11.3 Å². The first-order valence-corrected chi connectivity index (χ1v) is 18.6. The third-order valence-corrected chi connectivity index (χ3v) is 11.5. The molecule has 2 fully saturated rings. The summed E-state index contributed by atoms with van der Waals surface area (Å²) in [4.78, 5) is 34.2. The number of piperidine rings is 1. The molecular weight excluding hydrogens is 686 g/mol. The number of carboxylic acid groups (broad SMARTS) is 1. The van der Waals surface area contributed by atoms with Crippen LogP contribution < -0.4 is 0 Å². The average Bonchev–Trinajstić information content (AvgIpc) is 3.65. The van der Waals surface area contributed by atoms with Crippen molar-refractivity contribution in [2.24, 2.45) is 7.05 Å². The molecule has 0 spiro atoms. The number of ether oxygens (including phenoxy) is 2. The number of aryl methyl sites for hydroxylation is 2. The second kappa shape index (κ2) is 13.8. The molecule has 3 aromatic carbocycles. The van der Waals surface area contributed by atoms with Crippen LogP contribution in [-0.2, 0) is 21.3 Å². The zero-order valence-corrected chi connectivity index (χ0v) is 31.5. The standard InChI is InChI=1S/C39H44ClN5O5S/c1-22-19-29-35(32(23-7-10-26(40)11-8-23)31(22)34(37(46)47)50-39(2,3)4)51-36(41-29)25-9-12-30-28(20-25)33(42-43(30)5)24-13-16-44(17-14-24)21-27-15-18-45(27)38(48)49-6/h7-12,19-20,24,27,34H,13-18,21H2,1-6H3,(H,46,47)/t27-,34-/m0/s1. The van der Waals surface area contributed by atoms with Gasteiger partial charge in [-0.05, 0) is 108 Å². The van der Waals surface area contributed by atoms with Crippen LogP contribution in [0, 0.1) is 6.92 Å². The number of aromatic nitrogens is 3. The predicted octanol–water partition coefficient (Wildman–Crippen LogP) is 8.44. The van der Waals surface area contributed by atoms with E-state index in [9.17, 15) is 14.7 Å². The molecule has 51 heavy (non-hydrogen) atoms. The van der Waals surface area contributed by atoms with Crippen molar-refractivity contribution in [1.82, 2.24) is 24.6 Å². The molecule has 5 aromatic rings. The highest BCUT2D eigenvalue weighted by molar-refractivity contribution is 7.22.